The number of hydrogen-bond donors (Lipinski definition) is 0. The molecule has 23 heavy (non-hydrogen) atoms. The molecule has 0 N–H and O–H groups in total. The fourth-order valence-corrected chi connectivity index (χ4v) is 3.21. The number of fused-ring (bicyclic) bond motifs is 2. The van der Waals surface area contributed by atoms with Crippen molar-refractivity contribution in [2.24, 2.45) is 4.99 Å². The van der Waals surface area contributed by atoms with Gasteiger partial charge >= 0.3 is 0 Å². The lowest BCUT2D eigenvalue weighted by Crippen LogP contribution is -2.07. The number of hydrogen-bond acceptors (Lipinski definition) is 1. The summed E-state index contributed by atoms with van der Waals surface area (Å²) in [4.78, 5) is 5.04. The molecule has 0 aromatic heterocycles. The first-order valence-electron chi connectivity index (χ1n) is 8.05. The average Bonchev–Trinajstić information content (AvgIpc) is 2.73. The highest BCUT2D eigenvalue weighted by Crippen LogP contribution is 2.31. The molecular weight excluding hydrogens is 278 g/mol. The largest absolute Gasteiger partial charge is 0.247 e. The van der Waals surface area contributed by atoms with Gasteiger partial charge in [0.1, 0.15) is 0 Å². The summed E-state index contributed by atoms with van der Waals surface area (Å²) in [5, 5.41) is 0. The van der Waals surface area contributed by atoms with Crippen molar-refractivity contribution in [1.82, 2.24) is 0 Å². The van der Waals surface area contributed by atoms with Crippen LogP contribution in [0.25, 0.3) is 0 Å². The summed E-state index contributed by atoms with van der Waals surface area (Å²) in [6.45, 7) is 4.36. The molecule has 1 heterocycles. The van der Waals surface area contributed by atoms with Gasteiger partial charge in [0, 0.05) is 17.5 Å². The Morgan fingerprint density at radius 3 is 2.26 bits per heavy atom. The van der Waals surface area contributed by atoms with Crippen molar-refractivity contribution in [2.75, 3.05) is 0 Å². The van der Waals surface area contributed by atoms with Crippen LogP contribution < -0.4 is 0 Å². The van der Waals surface area contributed by atoms with E-state index in [0.717, 1.165) is 17.8 Å². The quantitative estimate of drug-likeness (QED) is 0.447. The third kappa shape index (κ3) is 2.49. The maximum absolute atomic E-state index is 5.04. The Bertz CT molecular complexity index is 905. The molecule has 0 bridgehead atoms. The van der Waals surface area contributed by atoms with Crippen LogP contribution in [0.5, 0.6) is 0 Å². The number of nitrogens with zero attached hydrogens (tertiary/aromatic N) is 1. The van der Waals surface area contributed by atoms with Crippen LogP contribution in [0, 0.1) is 13.8 Å². The molecule has 0 fully saturated rings. The van der Waals surface area contributed by atoms with Crippen molar-refractivity contribution < 1.29 is 0 Å². The molecular formula is C22H19N. The molecule has 0 aliphatic carbocycles. The van der Waals surface area contributed by atoms with E-state index in [1.54, 1.807) is 0 Å². The Hall–Kier alpha value is -2.67. The summed E-state index contributed by atoms with van der Waals surface area (Å²) >= 11 is 0. The fourth-order valence-electron chi connectivity index (χ4n) is 3.21. The second-order valence-corrected chi connectivity index (χ2v) is 6.23. The Morgan fingerprint density at radius 2 is 1.43 bits per heavy atom. The lowest BCUT2D eigenvalue weighted by atomic mass is 9.91. The molecule has 3 aromatic rings. The molecule has 1 aliphatic heterocycles. The highest BCUT2D eigenvalue weighted by Gasteiger charge is 2.18. The summed E-state index contributed by atoms with van der Waals surface area (Å²) in [6, 6.07) is 23.6. The van der Waals surface area contributed by atoms with Crippen molar-refractivity contribution >= 4 is 11.4 Å². The van der Waals surface area contributed by atoms with E-state index in [1.807, 2.05) is 0 Å². The van der Waals surface area contributed by atoms with Gasteiger partial charge < -0.3 is 0 Å². The van der Waals surface area contributed by atoms with Gasteiger partial charge in [0.15, 0.2) is 0 Å². The molecule has 0 saturated heterocycles. The molecule has 0 amide bonds. The molecule has 3 aromatic carbocycles. The highest BCUT2D eigenvalue weighted by atomic mass is 14.8. The van der Waals surface area contributed by atoms with Crippen LogP contribution in [0.3, 0.4) is 0 Å². The third-order valence-electron chi connectivity index (χ3n) is 4.63. The lowest BCUT2D eigenvalue weighted by molar-refractivity contribution is 1.17. The predicted octanol–water partition coefficient (Wildman–Crippen LogP) is 5.38. The van der Waals surface area contributed by atoms with Crippen LogP contribution in [0.1, 0.15) is 33.4 Å². The minimum absolute atomic E-state index is 0.937. The van der Waals surface area contributed by atoms with Crippen molar-refractivity contribution in [3.8, 4) is 0 Å². The molecule has 4 rings (SSSR count). The molecule has 1 heteroatoms. The summed E-state index contributed by atoms with van der Waals surface area (Å²) < 4.78 is 0. The molecule has 1 nitrogen and oxygen atoms in total. The molecule has 1 aliphatic rings. The van der Waals surface area contributed by atoms with Gasteiger partial charge in [-0.15, -0.1) is 0 Å². The normalized spacial score (nSPS) is 12.9. The van der Waals surface area contributed by atoms with E-state index in [9.17, 15) is 0 Å². The maximum atomic E-state index is 5.04. The Kier molecular flexibility index (Phi) is 3.34. The van der Waals surface area contributed by atoms with Crippen LogP contribution in [-0.2, 0) is 6.42 Å². The topological polar surface area (TPSA) is 12.4 Å². The highest BCUT2D eigenvalue weighted by molar-refractivity contribution is 6.15. The number of aryl methyl sites for hydroxylation is 2. The Morgan fingerprint density at radius 1 is 0.739 bits per heavy atom. The van der Waals surface area contributed by atoms with Gasteiger partial charge in [0.2, 0.25) is 0 Å². The number of aliphatic imine (C=N–C) groups is 1. The molecule has 0 atom stereocenters. The number of rotatable bonds is 1. The number of para-hydroxylation sites is 1. The van der Waals surface area contributed by atoms with Crippen LogP contribution in [0.15, 0.2) is 71.7 Å². The van der Waals surface area contributed by atoms with E-state index in [-0.39, 0.29) is 0 Å². The van der Waals surface area contributed by atoms with Crippen molar-refractivity contribution in [1.29, 1.82) is 0 Å². The molecule has 0 radical (unpaired) electrons. The second kappa shape index (κ2) is 5.51. The molecule has 0 saturated carbocycles. The van der Waals surface area contributed by atoms with Crippen LogP contribution in [0.4, 0.5) is 5.69 Å². The first kappa shape index (κ1) is 14.0. The van der Waals surface area contributed by atoms with Gasteiger partial charge in [-0.25, -0.2) is 4.99 Å². The summed E-state index contributed by atoms with van der Waals surface area (Å²) in [5.74, 6) is 0. The Labute approximate surface area is 137 Å². The zero-order valence-electron chi connectivity index (χ0n) is 13.5. The summed E-state index contributed by atoms with van der Waals surface area (Å²) in [5.41, 5.74) is 9.91. The zero-order valence-corrected chi connectivity index (χ0v) is 13.5. The summed E-state index contributed by atoms with van der Waals surface area (Å²) in [6.07, 6.45) is 0.937. The fraction of sp³-hybridized carbons (Fsp3) is 0.136. The van der Waals surface area contributed by atoms with E-state index >= 15 is 0 Å². The van der Waals surface area contributed by atoms with Gasteiger partial charge in [0.25, 0.3) is 0 Å². The van der Waals surface area contributed by atoms with E-state index in [2.05, 4.69) is 80.6 Å². The van der Waals surface area contributed by atoms with Gasteiger partial charge in [-0.05, 0) is 48.2 Å². The first-order chi connectivity index (χ1) is 11.2. The minimum Gasteiger partial charge on any atom is -0.247 e. The monoisotopic (exact) mass is 297 g/mol. The van der Waals surface area contributed by atoms with Crippen LogP contribution in [0.2, 0.25) is 0 Å². The van der Waals surface area contributed by atoms with E-state index in [4.69, 9.17) is 4.99 Å². The third-order valence-corrected chi connectivity index (χ3v) is 4.63. The second-order valence-electron chi connectivity index (χ2n) is 6.23. The van der Waals surface area contributed by atoms with Gasteiger partial charge in [-0.1, -0.05) is 54.6 Å². The van der Waals surface area contributed by atoms with Gasteiger partial charge in [0.05, 0.1) is 11.4 Å². The smallest absolute Gasteiger partial charge is 0.0784 e. The summed E-state index contributed by atoms with van der Waals surface area (Å²) in [7, 11) is 0. The van der Waals surface area contributed by atoms with Crippen molar-refractivity contribution in [3.63, 3.8) is 0 Å². The van der Waals surface area contributed by atoms with E-state index in [0.29, 0.717) is 0 Å². The standard InChI is InChI=1S/C22H19N/c1-15-12-19-14-18-10-6-7-11-21(18)23-22(20(19)13-16(15)2)17-8-4-3-5-9-17/h3-13H,14H2,1-2H3. The van der Waals surface area contributed by atoms with E-state index < -0.39 is 0 Å². The van der Waals surface area contributed by atoms with E-state index in [1.165, 1.54) is 33.4 Å². The van der Waals surface area contributed by atoms with Crippen molar-refractivity contribution in [3.05, 3.63) is 100 Å². The zero-order chi connectivity index (χ0) is 15.8. The average molecular weight is 297 g/mol. The molecule has 0 unspecified atom stereocenters. The predicted molar refractivity (Wildman–Crippen MR) is 96.9 cm³/mol. The molecule has 112 valence electrons. The maximum Gasteiger partial charge on any atom is 0.0784 e. The first-order valence-corrected chi connectivity index (χ1v) is 8.05. The SMILES string of the molecule is Cc1cc2c(cc1C)C(c1ccccc1)=Nc1ccccc1C2. The van der Waals surface area contributed by atoms with Gasteiger partial charge in [-0.2, -0.15) is 0 Å². The Balaban J connectivity index is 2.03. The minimum atomic E-state index is 0.937. The molecule has 0 spiro atoms. The van der Waals surface area contributed by atoms with Crippen molar-refractivity contribution in [2.45, 2.75) is 20.3 Å². The number of benzene rings is 3. The van der Waals surface area contributed by atoms with Gasteiger partial charge in [-0.3, -0.25) is 0 Å². The van der Waals surface area contributed by atoms with Crippen LogP contribution in [-0.4, -0.2) is 5.71 Å². The van der Waals surface area contributed by atoms with Crippen LogP contribution >= 0.6 is 0 Å². The lowest BCUT2D eigenvalue weighted by Gasteiger charge is -2.13.